The van der Waals surface area contributed by atoms with Crippen LogP contribution >= 0.6 is 0 Å². The monoisotopic (exact) mass is 361 g/mol. The van der Waals surface area contributed by atoms with Crippen LogP contribution in [0.25, 0.3) is 0 Å². The zero-order valence-electron chi connectivity index (χ0n) is 16.0. The average molecular weight is 361 g/mol. The lowest BCUT2D eigenvalue weighted by Crippen LogP contribution is -2.54. The summed E-state index contributed by atoms with van der Waals surface area (Å²) in [6.45, 7) is 11.5. The molecule has 6 heteroatoms. The first-order chi connectivity index (χ1) is 12.6. The van der Waals surface area contributed by atoms with Crippen molar-refractivity contribution in [2.75, 3.05) is 59.0 Å². The number of amides is 1. The van der Waals surface area contributed by atoms with Gasteiger partial charge in [-0.25, -0.2) is 0 Å². The normalized spacial score (nSPS) is 25.2. The van der Waals surface area contributed by atoms with E-state index in [4.69, 9.17) is 9.47 Å². The second-order valence-electron chi connectivity index (χ2n) is 7.34. The van der Waals surface area contributed by atoms with Crippen molar-refractivity contribution in [3.63, 3.8) is 0 Å². The summed E-state index contributed by atoms with van der Waals surface area (Å²) in [7, 11) is 0. The van der Waals surface area contributed by atoms with Gasteiger partial charge in [0.15, 0.2) is 0 Å². The predicted octanol–water partition coefficient (Wildman–Crippen LogP) is 1.32. The van der Waals surface area contributed by atoms with Crippen molar-refractivity contribution in [1.29, 1.82) is 0 Å². The maximum Gasteiger partial charge on any atom is 0.236 e. The molecule has 0 spiro atoms. The van der Waals surface area contributed by atoms with E-state index in [1.54, 1.807) is 0 Å². The summed E-state index contributed by atoms with van der Waals surface area (Å²) in [5.74, 6) is 1.15. The van der Waals surface area contributed by atoms with Gasteiger partial charge in [0.25, 0.3) is 0 Å². The highest BCUT2D eigenvalue weighted by Crippen LogP contribution is 2.12. The number of hydrogen-bond acceptors (Lipinski definition) is 5. The Morgan fingerprint density at radius 2 is 1.65 bits per heavy atom. The summed E-state index contributed by atoms with van der Waals surface area (Å²) >= 11 is 0. The Hall–Kier alpha value is -1.63. The first kappa shape index (κ1) is 19.1. The molecule has 6 nitrogen and oxygen atoms in total. The van der Waals surface area contributed by atoms with E-state index < -0.39 is 0 Å². The Labute approximate surface area is 156 Å². The standard InChI is InChI=1S/C20H31N3O3/c1-17-14-23(15-18(2)26-17)20(24)16-22-10-8-21(9-11-22)12-13-25-19-6-4-3-5-7-19/h3-7,17-18H,8-16H2,1-2H3. The first-order valence-corrected chi connectivity index (χ1v) is 9.66. The molecule has 0 N–H and O–H groups in total. The molecule has 1 aromatic rings. The van der Waals surface area contributed by atoms with Gasteiger partial charge in [-0.3, -0.25) is 14.6 Å². The second-order valence-corrected chi connectivity index (χ2v) is 7.34. The van der Waals surface area contributed by atoms with E-state index in [1.807, 2.05) is 49.1 Å². The summed E-state index contributed by atoms with van der Waals surface area (Å²) < 4.78 is 11.5. The fraction of sp³-hybridized carbons (Fsp3) is 0.650. The molecule has 1 aromatic carbocycles. The molecule has 0 saturated carbocycles. The molecule has 0 bridgehead atoms. The molecule has 2 fully saturated rings. The highest BCUT2D eigenvalue weighted by molar-refractivity contribution is 5.78. The zero-order valence-corrected chi connectivity index (χ0v) is 16.0. The molecule has 144 valence electrons. The molecule has 0 aliphatic carbocycles. The lowest BCUT2D eigenvalue weighted by Gasteiger charge is -2.38. The highest BCUT2D eigenvalue weighted by Gasteiger charge is 2.27. The summed E-state index contributed by atoms with van der Waals surface area (Å²) in [4.78, 5) is 19.2. The third kappa shape index (κ3) is 5.69. The molecule has 26 heavy (non-hydrogen) atoms. The number of hydrogen-bond donors (Lipinski definition) is 0. The maximum atomic E-state index is 12.6. The lowest BCUT2D eigenvalue weighted by atomic mass is 10.2. The van der Waals surface area contributed by atoms with Crippen molar-refractivity contribution < 1.29 is 14.3 Å². The van der Waals surface area contributed by atoms with Crippen LogP contribution in [0.1, 0.15) is 13.8 Å². The summed E-state index contributed by atoms with van der Waals surface area (Å²) in [5.41, 5.74) is 0. The minimum Gasteiger partial charge on any atom is -0.492 e. The van der Waals surface area contributed by atoms with Crippen LogP contribution in [0.5, 0.6) is 5.75 Å². The van der Waals surface area contributed by atoms with Gasteiger partial charge < -0.3 is 14.4 Å². The van der Waals surface area contributed by atoms with Crippen LogP contribution in [0.2, 0.25) is 0 Å². The van der Waals surface area contributed by atoms with Crippen molar-refractivity contribution in [3.8, 4) is 5.75 Å². The van der Waals surface area contributed by atoms with Crippen LogP contribution in [-0.2, 0) is 9.53 Å². The first-order valence-electron chi connectivity index (χ1n) is 9.66. The smallest absolute Gasteiger partial charge is 0.236 e. The molecule has 0 radical (unpaired) electrons. The summed E-state index contributed by atoms with van der Waals surface area (Å²) in [6, 6.07) is 9.93. The molecule has 2 unspecified atom stereocenters. The van der Waals surface area contributed by atoms with Crippen LogP contribution in [0, 0.1) is 0 Å². The van der Waals surface area contributed by atoms with Gasteiger partial charge in [-0.2, -0.15) is 0 Å². The maximum absolute atomic E-state index is 12.6. The van der Waals surface area contributed by atoms with Crippen LogP contribution in [0.3, 0.4) is 0 Å². The van der Waals surface area contributed by atoms with Gasteiger partial charge in [0.1, 0.15) is 12.4 Å². The number of carbonyl (C=O) groups excluding carboxylic acids is 1. The number of benzene rings is 1. The van der Waals surface area contributed by atoms with E-state index in [-0.39, 0.29) is 18.1 Å². The number of nitrogens with zero attached hydrogens (tertiary/aromatic N) is 3. The van der Waals surface area contributed by atoms with Gasteiger partial charge in [0.2, 0.25) is 5.91 Å². The van der Waals surface area contributed by atoms with Crippen molar-refractivity contribution in [3.05, 3.63) is 30.3 Å². The Bertz CT molecular complexity index is 551. The van der Waals surface area contributed by atoms with E-state index in [9.17, 15) is 4.79 Å². The van der Waals surface area contributed by atoms with E-state index in [0.29, 0.717) is 26.2 Å². The van der Waals surface area contributed by atoms with E-state index in [2.05, 4.69) is 9.80 Å². The van der Waals surface area contributed by atoms with Crippen LogP contribution in [0.15, 0.2) is 30.3 Å². The molecule has 2 saturated heterocycles. The zero-order chi connectivity index (χ0) is 18.4. The predicted molar refractivity (Wildman–Crippen MR) is 101 cm³/mol. The lowest BCUT2D eigenvalue weighted by molar-refractivity contribution is -0.144. The molecular formula is C20H31N3O3. The molecule has 0 aromatic heterocycles. The second kappa shape index (κ2) is 9.35. The van der Waals surface area contributed by atoms with E-state index in [1.165, 1.54) is 0 Å². The largest absolute Gasteiger partial charge is 0.492 e. The third-order valence-corrected chi connectivity index (χ3v) is 5.02. The quantitative estimate of drug-likeness (QED) is 0.765. The number of carbonyl (C=O) groups is 1. The minimum absolute atomic E-state index is 0.129. The number of rotatable bonds is 6. The van der Waals surface area contributed by atoms with Crippen LogP contribution < -0.4 is 4.74 Å². The number of piperazine rings is 1. The topological polar surface area (TPSA) is 45.3 Å². The molecule has 1 amide bonds. The Balaban J connectivity index is 1.34. The van der Waals surface area contributed by atoms with Crippen molar-refractivity contribution >= 4 is 5.91 Å². The van der Waals surface area contributed by atoms with Gasteiger partial charge in [-0.05, 0) is 26.0 Å². The van der Waals surface area contributed by atoms with E-state index >= 15 is 0 Å². The third-order valence-electron chi connectivity index (χ3n) is 5.02. The van der Waals surface area contributed by atoms with Crippen LogP contribution in [0.4, 0.5) is 0 Å². The Morgan fingerprint density at radius 3 is 2.31 bits per heavy atom. The molecule has 2 heterocycles. The molecule has 3 rings (SSSR count). The SMILES string of the molecule is CC1CN(C(=O)CN2CCN(CCOc3ccccc3)CC2)CC(C)O1. The highest BCUT2D eigenvalue weighted by atomic mass is 16.5. The van der Waals surface area contributed by atoms with Crippen LogP contribution in [-0.4, -0.2) is 91.8 Å². The fourth-order valence-electron chi connectivity index (χ4n) is 3.65. The van der Waals surface area contributed by atoms with E-state index in [0.717, 1.165) is 38.5 Å². The number of ether oxygens (including phenoxy) is 2. The summed E-state index contributed by atoms with van der Waals surface area (Å²) in [6.07, 6.45) is 0.258. The summed E-state index contributed by atoms with van der Waals surface area (Å²) in [5, 5.41) is 0. The van der Waals surface area contributed by atoms with Gasteiger partial charge in [0, 0.05) is 45.8 Å². The number of para-hydroxylation sites is 1. The van der Waals surface area contributed by atoms with Crippen molar-refractivity contribution in [2.45, 2.75) is 26.1 Å². The molecule has 2 aliphatic heterocycles. The van der Waals surface area contributed by atoms with Gasteiger partial charge in [-0.15, -0.1) is 0 Å². The van der Waals surface area contributed by atoms with Crippen molar-refractivity contribution in [1.82, 2.24) is 14.7 Å². The van der Waals surface area contributed by atoms with Crippen molar-refractivity contribution in [2.24, 2.45) is 0 Å². The minimum atomic E-state index is 0.129. The fourth-order valence-corrected chi connectivity index (χ4v) is 3.65. The molecule has 2 atom stereocenters. The van der Waals surface area contributed by atoms with Gasteiger partial charge in [-0.1, -0.05) is 18.2 Å². The van der Waals surface area contributed by atoms with Gasteiger partial charge in [0.05, 0.1) is 18.8 Å². The molecule has 2 aliphatic rings. The Kier molecular flexibility index (Phi) is 6.88. The van der Waals surface area contributed by atoms with Gasteiger partial charge >= 0.3 is 0 Å². The average Bonchev–Trinajstić information content (AvgIpc) is 2.63. The molecular weight excluding hydrogens is 330 g/mol. The number of morpholine rings is 1. The Morgan fingerprint density at radius 1 is 1.04 bits per heavy atom.